The van der Waals surface area contributed by atoms with Crippen LogP contribution in [-0.2, 0) is 10.0 Å². The highest BCUT2D eigenvalue weighted by atomic mass is 32.2. The van der Waals surface area contributed by atoms with Crippen LogP contribution < -0.4 is 5.73 Å². The van der Waals surface area contributed by atoms with Crippen LogP contribution in [0.4, 0.5) is 5.69 Å². The van der Waals surface area contributed by atoms with Crippen molar-refractivity contribution < 1.29 is 23.4 Å². The molecule has 1 unspecified atom stereocenters. The van der Waals surface area contributed by atoms with E-state index in [0.29, 0.717) is 0 Å². The monoisotopic (exact) mass is 288 g/mol. The Morgan fingerprint density at radius 2 is 2.05 bits per heavy atom. The highest BCUT2D eigenvalue weighted by Crippen LogP contribution is 2.24. The molecule has 19 heavy (non-hydrogen) atoms. The Hall–Kier alpha value is -1.64. The van der Waals surface area contributed by atoms with Gasteiger partial charge in [0.25, 0.3) is 0 Å². The SMILES string of the molecule is CC(CO)N(C)S(=O)(=O)c1ccc(C(=O)O)cc1N. The van der Waals surface area contributed by atoms with Crippen LogP contribution >= 0.6 is 0 Å². The first-order valence-corrected chi connectivity index (χ1v) is 6.87. The number of carboxylic acids is 1. The number of likely N-dealkylation sites (N-methyl/N-ethyl adjacent to an activating group) is 1. The average molecular weight is 288 g/mol. The number of aliphatic hydroxyl groups excluding tert-OH is 1. The topological polar surface area (TPSA) is 121 Å². The van der Waals surface area contributed by atoms with Crippen LogP contribution in [0.3, 0.4) is 0 Å². The smallest absolute Gasteiger partial charge is 0.335 e. The minimum atomic E-state index is -3.87. The predicted octanol–water partition coefficient (Wildman–Crippen LogP) is -0.0317. The molecule has 0 saturated heterocycles. The molecule has 0 fully saturated rings. The van der Waals surface area contributed by atoms with E-state index in [1.807, 2.05) is 0 Å². The number of hydrogen-bond donors (Lipinski definition) is 3. The van der Waals surface area contributed by atoms with Crippen molar-refractivity contribution in [3.63, 3.8) is 0 Å². The molecule has 0 saturated carbocycles. The van der Waals surface area contributed by atoms with Gasteiger partial charge in [-0.05, 0) is 25.1 Å². The molecular formula is C11H16N2O5S. The van der Waals surface area contributed by atoms with E-state index in [1.54, 1.807) is 6.92 Å². The van der Waals surface area contributed by atoms with Gasteiger partial charge in [0.2, 0.25) is 10.0 Å². The lowest BCUT2D eigenvalue weighted by atomic mass is 10.2. The standard InChI is InChI=1S/C11H16N2O5S/c1-7(6-14)13(2)19(17,18)10-4-3-8(11(15)16)5-9(10)12/h3-5,7,14H,6,12H2,1-2H3,(H,15,16). The summed E-state index contributed by atoms with van der Waals surface area (Å²) in [5.74, 6) is -1.19. The van der Waals surface area contributed by atoms with Crippen LogP contribution in [0.25, 0.3) is 0 Å². The lowest BCUT2D eigenvalue weighted by Crippen LogP contribution is -2.37. The molecule has 7 nitrogen and oxygen atoms in total. The summed E-state index contributed by atoms with van der Waals surface area (Å²) in [6.07, 6.45) is 0. The van der Waals surface area contributed by atoms with Crippen molar-refractivity contribution in [2.75, 3.05) is 19.4 Å². The van der Waals surface area contributed by atoms with E-state index in [-0.39, 0.29) is 22.8 Å². The molecule has 1 aromatic rings. The van der Waals surface area contributed by atoms with E-state index < -0.39 is 22.0 Å². The third-order valence-corrected chi connectivity index (χ3v) is 4.84. The minimum absolute atomic E-state index is 0.0886. The number of nitrogens with two attached hydrogens (primary N) is 1. The largest absolute Gasteiger partial charge is 0.478 e. The summed E-state index contributed by atoms with van der Waals surface area (Å²) in [6.45, 7) is 1.21. The van der Waals surface area contributed by atoms with Gasteiger partial charge in [-0.3, -0.25) is 0 Å². The summed E-state index contributed by atoms with van der Waals surface area (Å²) in [5, 5.41) is 17.8. The van der Waals surface area contributed by atoms with Crippen molar-refractivity contribution >= 4 is 21.7 Å². The van der Waals surface area contributed by atoms with Crippen molar-refractivity contribution in [1.29, 1.82) is 0 Å². The van der Waals surface area contributed by atoms with Gasteiger partial charge in [0, 0.05) is 13.1 Å². The molecule has 106 valence electrons. The summed E-state index contributed by atoms with van der Waals surface area (Å²) in [7, 11) is -2.55. The zero-order chi connectivity index (χ0) is 14.8. The number of carboxylic acid groups (broad SMARTS) is 1. The Bertz CT molecular complexity index is 585. The Morgan fingerprint density at radius 3 is 2.47 bits per heavy atom. The average Bonchev–Trinajstić information content (AvgIpc) is 2.36. The minimum Gasteiger partial charge on any atom is -0.478 e. The van der Waals surface area contributed by atoms with Gasteiger partial charge in [-0.25, -0.2) is 13.2 Å². The molecule has 0 amide bonds. The molecule has 8 heteroatoms. The van der Waals surface area contributed by atoms with Crippen molar-refractivity contribution in [1.82, 2.24) is 4.31 Å². The number of benzene rings is 1. The molecule has 0 aliphatic heterocycles. The number of aliphatic hydroxyl groups is 1. The van der Waals surface area contributed by atoms with Crippen molar-refractivity contribution in [2.45, 2.75) is 17.9 Å². The number of sulfonamides is 1. The fourth-order valence-electron chi connectivity index (χ4n) is 1.42. The Kier molecular flexibility index (Phi) is 4.51. The lowest BCUT2D eigenvalue weighted by molar-refractivity contribution is 0.0697. The first-order chi connectivity index (χ1) is 8.71. The van der Waals surface area contributed by atoms with E-state index in [1.165, 1.54) is 13.1 Å². The Morgan fingerprint density at radius 1 is 1.47 bits per heavy atom. The van der Waals surface area contributed by atoms with Gasteiger partial charge >= 0.3 is 5.97 Å². The molecule has 0 aromatic heterocycles. The van der Waals surface area contributed by atoms with Gasteiger partial charge in [-0.15, -0.1) is 0 Å². The van der Waals surface area contributed by atoms with Crippen molar-refractivity contribution in [3.8, 4) is 0 Å². The highest BCUT2D eigenvalue weighted by Gasteiger charge is 2.27. The van der Waals surface area contributed by atoms with Gasteiger partial charge < -0.3 is 15.9 Å². The molecule has 0 aliphatic rings. The molecule has 1 atom stereocenters. The first-order valence-electron chi connectivity index (χ1n) is 5.43. The Labute approximate surface area is 111 Å². The van der Waals surface area contributed by atoms with Gasteiger partial charge in [-0.2, -0.15) is 4.31 Å². The van der Waals surface area contributed by atoms with Gasteiger partial charge in [0.05, 0.1) is 17.9 Å². The normalized spacial score (nSPS) is 13.5. The maximum atomic E-state index is 12.2. The number of carbonyl (C=O) groups is 1. The molecule has 1 rings (SSSR count). The maximum absolute atomic E-state index is 12.2. The summed E-state index contributed by atoms with van der Waals surface area (Å²) < 4.78 is 25.4. The number of aromatic carboxylic acids is 1. The third kappa shape index (κ3) is 3.03. The summed E-state index contributed by atoms with van der Waals surface area (Å²) in [5.41, 5.74) is 5.36. The summed E-state index contributed by atoms with van der Waals surface area (Å²) in [6, 6.07) is 2.80. The summed E-state index contributed by atoms with van der Waals surface area (Å²) >= 11 is 0. The number of anilines is 1. The van der Waals surface area contributed by atoms with Crippen LogP contribution in [0.5, 0.6) is 0 Å². The van der Waals surface area contributed by atoms with Gasteiger partial charge in [0.1, 0.15) is 4.90 Å². The zero-order valence-corrected chi connectivity index (χ0v) is 11.4. The second-order valence-corrected chi connectivity index (χ2v) is 6.08. The molecule has 1 aromatic carbocycles. The third-order valence-electron chi connectivity index (χ3n) is 2.80. The number of hydrogen-bond acceptors (Lipinski definition) is 5. The van der Waals surface area contributed by atoms with Crippen molar-refractivity contribution in [3.05, 3.63) is 23.8 Å². The fourth-order valence-corrected chi connectivity index (χ4v) is 2.87. The predicted molar refractivity (Wildman–Crippen MR) is 69.3 cm³/mol. The second-order valence-electron chi connectivity index (χ2n) is 4.11. The number of nitrogen functional groups attached to an aromatic ring is 1. The molecule has 0 radical (unpaired) electrons. The van der Waals surface area contributed by atoms with E-state index in [9.17, 15) is 13.2 Å². The summed E-state index contributed by atoms with van der Waals surface area (Å²) in [4.78, 5) is 10.6. The molecule has 0 heterocycles. The molecule has 0 bridgehead atoms. The molecular weight excluding hydrogens is 272 g/mol. The van der Waals surface area contributed by atoms with E-state index in [4.69, 9.17) is 15.9 Å². The number of nitrogens with zero attached hydrogens (tertiary/aromatic N) is 1. The zero-order valence-electron chi connectivity index (χ0n) is 10.6. The second kappa shape index (κ2) is 5.55. The molecule has 0 spiro atoms. The highest BCUT2D eigenvalue weighted by molar-refractivity contribution is 7.89. The molecule has 0 aliphatic carbocycles. The quantitative estimate of drug-likeness (QED) is 0.654. The maximum Gasteiger partial charge on any atom is 0.335 e. The van der Waals surface area contributed by atoms with Crippen LogP contribution in [0.1, 0.15) is 17.3 Å². The van der Waals surface area contributed by atoms with Crippen LogP contribution in [0, 0.1) is 0 Å². The van der Waals surface area contributed by atoms with Crippen LogP contribution in [0.2, 0.25) is 0 Å². The van der Waals surface area contributed by atoms with Crippen molar-refractivity contribution in [2.24, 2.45) is 0 Å². The fraction of sp³-hybridized carbons (Fsp3) is 0.364. The van der Waals surface area contributed by atoms with E-state index >= 15 is 0 Å². The van der Waals surface area contributed by atoms with E-state index in [0.717, 1.165) is 16.4 Å². The first kappa shape index (κ1) is 15.4. The van der Waals surface area contributed by atoms with Gasteiger partial charge in [-0.1, -0.05) is 0 Å². The van der Waals surface area contributed by atoms with E-state index in [2.05, 4.69) is 0 Å². The van der Waals surface area contributed by atoms with Crippen LogP contribution in [-0.4, -0.2) is 48.6 Å². The Balaban J connectivity index is 3.27. The van der Waals surface area contributed by atoms with Gasteiger partial charge in [0.15, 0.2) is 0 Å². The van der Waals surface area contributed by atoms with Crippen LogP contribution in [0.15, 0.2) is 23.1 Å². The molecule has 4 N–H and O–H groups in total. The lowest BCUT2D eigenvalue weighted by Gasteiger charge is -2.23. The number of rotatable bonds is 5.